The van der Waals surface area contributed by atoms with Crippen LogP contribution in [0.15, 0.2) is 0 Å². The van der Waals surface area contributed by atoms with Gasteiger partial charge in [0.05, 0.1) is 6.04 Å². The molecule has 0 aromatic rings. The van der Waals surface area contributed by atoms with E-state index in [0.29, 0.717) is 37.9 Å². The molecule has 0 aromatic carbocycles. The number of nitrogens with one attached hydrogen (secondary N) is 2. The maximum Gasteiger partial charge on any atom is 0.329 e. The standard InChI is InChI=1S/C14H22N2O4/c17-12(11-10-3-1-2-9(10)8-15-11)16-14(13(18)19)4-6-20-7-5-14/h9-11,15H,1-8H2,(H,16,17)(H,18,19). The van der Waals surface area contributed by atoms with Gasteiger partial charge in [-0.15, -0.1) is 0 Å². The maximum absolute atomic E-state index is 12.5. The molecular formula is C14H22N2O4. The number of carbonyl (C=O) groups is 2. The van der Waals surface area contributed by atoms with Crippen LogP contribution in [0.3, 0.4) is 0 Å². The average Bonchev–Trinajstić information content (AvgIpc) is 3.01. The van der Waals surface area contributed by atoms with Crippen molar-refractivity contribution in [2.45, 2.75) is 43.7 Å². The highest BCUT2D eigenvalue weighted by atomic mass is 16.5. The van der Waals surface area contributed by atoms with Crippen LogP contribution in [0.2, 0.25) is 0 Å². The molecule has 3 rings (SSSR count). The van der Waals surface area contributed by atoms with Crippen molar-refractivity contribution >= 4 is 11.9 Å². The Morgan fingerprint density at radius 1 is 1.25 bits per heavy atom. The summed E-state index contributed by atoms with van der Waals surface area (Å²) in [6.45, 7) is 1.65. The molecule has 6 nitrogen and oxygen atoms in total. The summed E-state index contributed by atoms with van der Waals surface area (Å²) in [6, 6.07) is -0.221. The number of rotatable bonds is 3. The number of carboxylic acids is 1. The minimum Gasteiger partial charge on any atom is -0.480 e. The molecule has 0 radical (unpaired) electrons. The first-order valence-electron chi connectivity index (χ1n) is 7.49. The Labute approximate surface area is 118 Å². The Balaban J connectivity index is 1.69. The molecule has 1 aliphatic carbocycles. The van der Waals surface area contributed by atoms with Crippen LogP contribution < -0.4 is 10.6 Å². The Morgan fingerprint density at radius 2 is 2.00 bits per heavy atom. The molecule has 3 fully saturated rings. The van der Waals surface area contributed by atoms with E-state index >= 15 is 0 Å². The topological polar surface area (TPSA) is 87.7 Å². The van der Waals surface area contributed by atoms with Crippen molar-refractivity contribution in [2.75, 3.05) is 19.8 Å². The first-order chi connectivity index (χ1) is 9.62. The Morgan fingerprint density at radius 3 is 2.70 bits per heavy atom. The number of carboxylic acid groups (broad SMARTS) is 1. The molecule has 6 heteroatoms. The zero-order chi connectivity index (χ0) is 14.2. The lowest BCUT2D eigenvalue weighted by atomic mass is 9.88. The van der Waals surface area contributed by atoms with Crippen LogP contribution in [-0.2, 0) is 14.3 Å². The smallest absolute Gasteiger partial charge is 0.329 e. The van der Waals surface area contributed by atoms with Gasteiger partial charge in [-0.25, -0.2) is 4.79 Å². The lowest BCUT2D eigenvalue weighted by Crippen LogP contribution is -2.61. The van der Waals surface area contributed by atoms with E-state index in [9.17, 15) is 14.7 Å². The van der Waals surface area contributed by atoms with Crippen LogP contribution in [0.4, 0.5) is 0 Å². The van der Waals surface area contributed by atoms with Gasteiger partial charge in [0.25, 0.3) is 0 Å². The number of carbonyl (C=O) groups excluding carboxylic acids is 1. The molecule has 0 spiro atoms. The number of hydrogen-bond donors (Lipinski definition) is 3. The first-order valence-corrected chi connectivity index (χ1v) is 7.49. The van der Waals surface area contributed by atoms with Crippen LogP contribution >= 0.6 is 0 Å². The number of fused-ring (bicyclic) bond motifs is 1. The highest BCUT2D eigenvalue weighted by molar-refractivity contribution is 5.90. The van der Waals surface area contributed by atoms with Crippen LogP contribution in [0.1, 0.15) is 32.1 Å². The molecule has 0 aromatic heterocycles. The van der Waals surface area contributed by atoms with Crippen LogP contribution in [0.25, 0.3) is 0 Å². The number of hydrogen-bond acceptors (Lipinski definition) is 4. The van der Waals surface area contributed by atoms with E-state index in [2.05, 4.69) is 10.6 Å². The van der Waals surface area contributed by atoms with Gasteiger partial charge in [-0.2, -0.15) is 0 Å². The Kier molecular flexibility index (Phi) is 3.69. The summed E-state index contributed by atoms with van der Waals surface area (Å²) in [5.74, 6) is -0.138. The molecule has 3 atom stereocenters. The van der Waals surface area contributed by atoms with E-state index in [1.165, 1.54) is 12.8 Å². The van der Waals surface area contributed by atoms with Gasteiger partial charge in [0, 0.05) is 26.1 Å². The van der Waals surface area contributed by atoms with Crippen molar-refractivity contribution in [1.29, 1.82) is 0 Å². The molecular weight excluding hydrogens is 260 g/mol. The van der Waals surface area contributed by atoms with Crippen molar-refractivity contribution in [3.63, 3.8) is 0 Å². The first kappa shape index (κ1) is 13.8. The highest BCUT2D eigenvalue weighted by Gasteiger charge is 2.47. The average molecular weight is 282 g/mol. The van der Waals surface area contributed by atoms with Crippen molar-refractivity contribution in [3.8, 4) is 0 Å². The highest BCUT2D eigenvalue weighted by Crippen LogP contribution is 2.38. The maximum atomic E-state index is 12.5. The van der Waals surface area contributed by atoms with E-state index < -0.39 is 11.5 Å². The SMILES string of the molecule is O=C(NC1(C(=O)O)CCOCC1)C1NCC2CCCC21. The normalized spacial score (nSPS) is 35.5. The summed E-state index contributed by atoms with van der Waals surface area (Å²) in [6.07, 6.45) is 4.11. The van der Waals surface area contributed by atoms with Gasteiger partial charge in [-0.3, -0.25) is 4.79 Å². The van der Waals surface area contributed by atoms with Crippen molar-refractivity contribution < 1.29 is 19.4 Å². The fourth-order valence-electron chi connectivity index (χ4n) is 3.90. The zero-order valence-corrected chi connectivity index (χ0v) is 11.6. The lowest BCUT2D eigenvalue weighted by molar-refractivity contribution is -0.152. The molecule has 2 saturated heterocycles. The van der Waals surface area contributed by atoms with E-state index in [4.69, 9.17) is 4.74 Å². The molecule has 20 heavy (non-hydrogen) atoms. The molecule has 112 valence electrons. The van der Waals surface area contributed by atoms with E-state index in [0.717, 1.165) is 13.0 Å². The van der Waals surface area contributed by atoms with Crippen LogP contribution in [0.5, 0.6) is 0 Å². The third kappa shape index (κ3) is 2.31. The third-order valence-electron chi connectivity index (χ3n) is 5.15. The monoisotopic (exact) mass is 282 g/mol. The summed E-state index contributed by atoms with van der Waals surface area (Å²) >= 11 is 0. The van der Waals surface area contributed by atoms with E-state index in [1.54, 1.807) is 0 Å². The fourth-order valence-corrected chi connectivity index (χ4v) is 3.90. The molecule has 2 aliphatic heterocycles. The predicted octanol–water partition coefficient (Wildman–Crippen LogP) is 0.124. The van der Waals surface area contributed by atoms with E-state index in [-0.39, 0.29) is 11.9 Å². The Hall–Kier alpha value is -1.14. The van der Waals surface area contributed by atoms with Gasteiger partial charge < -0.3 is 20.5 Å². The van der Waals surface area contributed by atoms with Crippen molar-refractivity contribution in [3.05, 3.63) is 0 Å². The minimum atomic E-state index is -1.15. The molecule has 1 saturated carbocycles. The van der Waals surface area contributed by atoms with Gasteiger partial charge >= 0.3 is 5.97 Å². The Bertz CT molecular complexity index is 406. The number of ether oxygens (including phenoxy) is 1. The molecule has 3 unspecified atom stereocenters. The van der Waals surface area contributed by atoms with E-state index in [1.807, 2.05) is 0 Å². The fraction of sp³-hybridized carbons (Fsp3) is 0.857. The largest absolute Gasteiger partial charge is 0.480 e. The molecule has 3 aliphatic rings. The van der Waals surface area contributed by atoms with Crippen molar-refractivity contribution in [2.24, 2.45) is 11.8 Å². The van der Waals surface area contributed by atoms with Crippen LogP contribution in [0, 0.1) is 11.8 Å². The summed E-state index contributed by atoms with van der Waals surface area (Å²) < 4.78 is 5.22. The molecule has 3 N–H and O–H groups in total. The second-order valence-electron chi connectivity index (χ2n) is 6.23. The quantitative estimate of drug-likeness (QED) is 0.684. The zero-order valence-electron chi connectivity index (χ0n) is 11.6. The molecule has 2 heterocycles. The third-order valence-corrected chi connectivity index (χ3v) is 5.15. The number of aliphatic carboxylic acids is 1. The summed E-state index contributed by atoms with van der Waals surface area (Å²) in [5, 5.41) is 15.6. The van der Waals surface area contributed by atoms with Gasteiger partial charge in [-0.1, -0.05) is 6.42 Å². The molecule has 1 amide bonds. The van der Waals surface area contributed by atoms with Gasteiger partial charge in [0.1, 0.15) is 5.54 Å². The van der Waals surface area contributed by atoms with Gasteiger partial charge in [-0.05, 0) is 31.2 Å². The minimum absolute atomic E-state index is 0.149. The van der Waals surface area contributed by atoms with Gasteiger partial charge in [0.15, 0.2) is 0 Å². The summed E-state index contributed by atoms with van der Waals surface area (Å²) in [7, 11) is 0. The van der Waals surface area contributed by atoms with Gasteiger partial charge in [0.2, 0.25) is 5.91 Å². The second kappa shape index (κ2) is 5.33. The van der Waals surface area contributed by atoms with Crippen molar-refractivity contribution in [1.82, 2.24) is 10.6 Å². The second-order valence-corrected chi connectivity index (χ2v) is 6.23. The van der Waals surface area contributed by atoms with Crippen LogP contribution in [-0.4, -0.2) is 48.3 Å². The predicted molar refractivity (Wildman–Crippen MR) is 71.2 cm³/mol. The summed E-state index contributed by atoms with van der Waals surface area (Å²) in [4.78, 5) is 24.1. The number of amides is 1. The lowest BCUT2D eigenvalue weighted by Gasteiger charge is -2.35. The summed E-state index contributed by atoms with van der Waals surface area (Å²) in [5.41, 5.74) is -1.15. The molecule has 0 bridgehead atoms.